The third-order valence-corrected chi connectivity index (χ3v) is 3.73. The van der Waals surface area contributed by atoms with Crippen LogP contribution in [-0.4, -0.2) is 36.5 Å². The highest BCUT2D eigenvalue weighted by atomic mass is 16.1. The van der Waals surface area contributed by atoms with E-state index in [-0.39, 0.29) is 5.56 Å². The smallest absolute Gasteiger partial charge is 0.268 e. The van der Waals surface area contributed by atoms with Crippen LogP contribution in [0.1, 0.15) is 32.1 Å². The average molecular weight is 264 g/mol. The van der Waals surface area contributed by atoms with Crippen LogP contribution in [-0.2, 0) is 6.54 Å². The van der Waals surface area contributed by atoms with E-state index in [1.807, 2.05) is 19.0 Å². The summed E-state index contributed by atoms with van der Waals surface area (Å²) in [5, 5.41) is 7.73. The van der Waals surface area contributed by atoms with Crippen LogP contribution in [0.3, 0.4) is 0 Å². The number of rotatable bonds is 5. The van der Waals surface area contributed by atoms with E-state index < -0.39 is 0 Å². The monoisotopic (exact) mass is 264 g/mol. The zero-order valence-corrected chi connectivity index (χ0v) is 11.9. The van der Waals surface area contributed by atoms with Gasteiger partial charge < -0.3 is 10.2 Å². The second-order valence-corrected chi connectivity index (χ2v) is 5.46. The first-order chi connectivity index (χ1) is 9.16. The molecule has 1 aliphatic rings. The van der Waals surface area contributed by atoms with E-state index in [0.717, 1.165) is 12.2 Å². The number of hydrogen-bond acceptors (Lipinski definition) is 4. The van der Waals surface area contributed by atoms with Gasteiger partial charge in [-0.05, 0) is 12.8 Å². The number of hydrogen-bond donors (Lipinski definition) is 1. The Morgan fingerprint density at radius 1 is 1.37 bits per heavy atom. The van der Waals surface area contributed by atoms with Crippen LogP contribution < -0.4 is 15.8 Å². The van der Waals surface area contributed by atoms with Gasteiger partial charge in [0.05, 0.1) is 18.4 Å². The Bertz CT molecular complexity index is 449. The molecule has 1 aliphatic carbocycles. The lowest BCUT2D eigenvalue weighted by molar-refractivity contribution is 0.363. The summed E-state index contributed by atoms with van der Waals surface area (Å²) in [6.45, 7) is 1.46. The molecule has 0 aliphatic heterocycles. The molecular formula is C14H24N4O. The summed E-state index contributed by atoms with van der Waals surface area (Å²) in [4.78, 5) is 13.8. The van der Waals surface area contributed by atoms with Gasteiger partial charge in [0.1, 0.15) is 0 Å². The molecular weight excluding hydrogens is 240 g/mol. The lowest BCUT2D eigenvalue weighted by Crippen LogP contribution is -2.35. The van der Waals surface area contributed by atoms with Gasteiger partial charge in [-0.1, -0.05) is 19.3 Å². The van der Waals surface area contributed by atoms with Gasteiger partial charge in [0, 0.05) is 32.7 Å². The Morgan fingerprint density at radius 2 is 2.11 bits per heavy atom. The van der Waals surface area contributed by atoms with Gasteiger partial charge in [0.15, 0.2) is 0 Å². The second kappa shape index (κ2) is 6.70. The van der Waals surface area contributed by atoms with Gasteiger partial charge in [0.25, 0.3) is 5.56 Å². The van der Waals surface area contributed by atoms with Gasteiger partial charge in [-0.15, -0.1) is 0 Å². The number of aromatic nitrogens is 2. The molecule has 5 nitrogen and oxygen atoms in total. The van der Waals surface area contributed by atoms with Crippen LogP contribution in [0.15, 0.2) is 17.1 Å². The van der Waals surface area contributed by atoms with E-state index in [4.69, 9.17) is 0 Å². The van der Waals surface area contributed by atoms with Crippen molar-refractivity contribution in [2.45, 2.75) is 44.7 Å². The summed E-state index contributed by atoms with van der Waals surface area (Å²) in [6.07, 6.45) is 8.29. The standard InChI is InChI=1S/C14H24N4O/c1-17(2)13-10-14(19)18(16-11-13)9-8-15-12-6-4-3-5-7-12/h10-12,15H,3-9H2,1-2H3. The fourth-order valence-electron chi connectivity index (χ4n) is 2.52. The highest BCUT2D eigenvalue weighted by molar-refractivity contribution is 5.40. The molecule has 0 amide bonds. The minimum Gasteiger partial charge on any atom is -0.376 e. The van der Waals surface area contributed by atoms with E-state index >= 15 is 0 Å². The highest BCUT2D eigenvalue weighted by Gasteiger charge is 2.12. The largest absolute Gasteiger partial charge is 0.376 e. The van der Waals surface area contributed by atoms with Crippen molar-refractivity contribution in [3.8, 4) is 0 Å². The Labute approximate surface area is 114 Å². The van der Waals surface area contributed by atoms with Gasteiger partial charge in [-0.2, -0.15) is 5.10 Å². The van der Waals surface area contributed by atoms with E-state index in [1.165, 1.54) is 36.8 Å². The molecule has 0 aromatic carbocycles. The maximum atomic E-state index is 11.9. The fourth-order valence-corrected chi connectivity index (χ4v) is 2.52. The topological polar surface area (TPSA) is 50.2 Å². The summed E-state index contributed by atoms with van der Waals surface area (Å²) in [5.74, 6) is 0. The number of nitrogens with zero attached hydrogens (tertiary/aromatic N) is 3. The normalized spacial score (nSPS) is 16.5. The van der Waals surface area contributed by atoms with Gasteiger partial charge >= 0.3 is 0 Å². The van der Waals surface area contributed by atoms with E-state index in [9.17, 15) is 4.79 Å². The van der Waals surface area contributed by atoms with Crippen molar-refractivity contribution in [2.24, 2.45) is 0 Å². The van der Waals surface area contributed by atoms with E-state index in [0.29, 0.717) is 12.6 Å². The molecule has 1 aromatic rings. The molecule has 1 N–H and O–H groups in total. The van der Waals surface area contributed by atoms with Crippen molar-refractivity contribution in [3.05, 3.63) is 22.6 Å². The minimum absolute atomic E-state index is 0.0309. The Balaban J connectivity index is 1.84. The summed E-state index contributed by atoms with van der Waals surface area (Å²) >= 11 is 0. The molecule has 0 unspecified atom stereocenters. The van der Waals surface area contributed by atoms with Crippen molar-refractivity contribution in [1.29, 1.82) is 0 Å². The fraction of sp³-hybridized carbons (Fsp3) is 0.714. The first-order valence-corrected chi connectivity index (χ1v) is 7.14. The molecule has 0 saturated heterocycles. The Morgan fingerprint density at radius 3 is 2.74 bits per heavy atom. The van der Waals surface area contributed by atoms with Gasteiger partial charge in [-0.25, -0.2) is 4.68 Å². The van der Waals surface area contributed by atoms with Crippen molar-refractivity contribution < 1.29 is 0 Å². The zero-order valence-electron chi connectivity index (χ0n) is 11.9. The molecule has 0 bridgehead atoms. The SMILES string of the molecule is CN(C)c1cnn(CCNC2CCCCC2)c(=O)c1. The van der Waals surface area contributed by atoms with Crippen molar-refractivity contribution in [1.82, 2.24) is 15.1 Å². The predicted molar refractivity (Wildman–Crippen MR) is 77.7 cm³/mol. The first-order valence-electron chi connectivity index (χ1n) is 7.14. The molecule has 0 spiro atoms. The lowest BCUT2D eigenvalue weighted by Gasteiger charge is -2.22. The van der Waals surface area contributed by atoms with Crippen molar-refractivity contribution in [2.75, 3.05) is 25.5 Å². The van der Waals surface area contributed by atoms with Crippen molar-refractivity contribution in [3.63, 3.8) is 0 Å². The minimum atomic E-state index is -0.0309. The van der Waals surface area contributed by atoms with Crippen LogP contribution in [0.2, 0.25) is 0 Å². The van der Waals surface area contributed by atoms with Crippen LogP contribution in [0.25, 0.3) is 0 Å². The average Bonchev–Trinajstić information content (AvgIpc) is 2.41. The third kappa shape index (κ3) is 4.06. The quantitative estimate of drug-likeness (QED) is 0.869. The maximum absolute atomic E-state index is 11.9. The summed E-state index contributed by atoms with van der Waals surface area (Å²) in [7, 11) is 3.82. The zero-order chi connectivity index (χ0) is 13.7. The molecule has 0 atom stereocenters. The molecule has 1 fully saturated rings. The van der Waals surface area contributed by atoms with Gasteiger partial charge in [0.2, 0.25) is 0 Å². The maximum Gasteiger partial charge on any atom is 0.268 e. The molecule has 5 heteroatoms. The number of anilines is 1. The molecule has 2 rings (SSSR count). The van der Waals surface area contributed by atoms with E-state index in [1.54, 1.807) is 12.3 Å². The molecule has 1 heterocycles. The molecule has 106 valence electrons. The first kappa shape index (κ1) is 14.1. The van der Waals surface area contributed by atoms with Gasteiger partial charge in [-0.3, -0.25) is 4.79 Å². The predicted octanol–water partition coefficient (Wildman–Crippen LogP) is 1.23. The van der Waals surface area contributed by atoms with E-state index in [2.05, 4.69) is 10.4 Å². The number of nitrogens with one attached hydrogen (secondary N) is 1. The molecule has 1 aromatic heterocycles. The van der Waals surface area contributed by atoms with Crippen LogP contribution >= 0.6 is 0 Å². The van der Waals surface area contributed by atoms with Crippen molar-refractivity contribution >= 4 is 5.69 Å². The summed E-state index contributed by atoms with van der Waals surface area (Å²) < 4.78 is 1.53. The van der Waals surface area contributed by atoms with Crippen LogP contribution in [0, 0.1) is 0 Å². The molecule has 1 saturated carbocycles. The van der Waals surface area contributed by atoms with Crippen LogP contribution in [0.5, 0.6) is 0 Å². The lowest BCUT2D eigenvalue weighted by atomic mass is 9.95. The third-order valence-electron chi connectivity index (χ3n) is 3.73. The highest BCUT2D eigenvalue weighted by Crippen LogP contribution is 2.16. The Hall–Kier alpha value is -1.36. The Kier molecular flexibility index (Phi) is 4.96. The summed E-state index contributed by atoms with van der Waals surface area (Å²) in [6, 6.07) is 2.26. The second-order valence-electron chi connectivity index (χ2n) is 5.46. The molecule has 19 heavy (non-hydrogen) atoms. The van der Waals surface area contributed by atoms with Crippen LogP contribution in [0.4, 0.5) is 5.69 Å². The molecule has 0 radical (unpaired) electrons. The summed E-state index contributed by atoms with van der Waals surface area (Å²) in [5.41, 5.74) is 0.818.